The van der Waals surface area contributed by atoms with Gasteiger partial charge in [-0.1, -0.05) is 13.3 Å². The number of carbonyl (C=O) groups is 1. The summed E-state index contributed by atoms with van der Waals surface area (Å²) in [7, 11) is 0. The highest BCUT2D eigenvalue weighted by Gasteiger charge is 2.17. The van der Waals surface area contributed by atoms with Crippen molar-refractivity contribution in [3.8, 4) is 5.75 Å². The molecule has 1 atom stereocenters. The molecule has 0 amide bonds. The van der Waals surface area contributed by atoms with Crippen LogP contribution in [0.25, 0.3) is 10.9 Å². The fourth-order valence-electron chi connectivity index (χ4n) is 2.29. The molecule has 4 nitrogen and oxygen atoms in total. The summed E-state index contributed by atoms with van der Waals surface area (Å²) in [6.07, 6.45) is 3.85. The van der Waals surface area contributed by atoms with Crippen LogP contribution in [-0.4, -0.2) is 23.8 Å². The molecule has 0 aliphatic carbocycles. The Bertz CT molecular complexity index is 603. The highest BCUT2D eigenvalue weighted by molar-refractivity contribution is 5.84. The van der Waals surface area contributed by atoms with Gasteiger partial charge in [-0.05, 0) is 44.5 Å². The number of nitrogens with zero attached hydrogens (tertiary/aromatic N) is 1. The van der Waals surface area contributed by atoms with E-state index in [0.717, 1.165) is 29.5 Å². The first kappa shape index (κ1) is 15.4. The molecule has 1 heterocycles. The molecule has 1 unspecified atom stereocenters. The first-order chi connectivity index (χ1) is 10.2. The molecule has 0 bridgehead atoms. The number of fused-ring (bicyclic) bond motifs is 1. The van der Waals surface area contributed by atoms with Gasteiger partial charge in [-0.15, -0.1) is 0 Å². The normalized spacial score (nSPS) is 12.3. The van der Waals surface area contributed by atoms with Gasteiger partial charge >= 0.3 is 5.97 Å². The summed E-state index contributed by atoms with van der Waals surface area (Å²) in [5.74, 6) is 0.663. The van der Waals surface area contributed by atoms with E-state index in [1.807, 2.05) is 48.9 Å². The Morgan fingerprint density at radius 3 is 2.81 bits per heavy atom. The minimum atomic E-state index is -0.322. The van der Waals surface area contributed by atoms with Gasteiger partial charge in [0.25, 0.3) is 0 Å². The van der Waals surface area contributed by atoms with Crippen LogP contribution in [0.4, 0.5) is 0 Å². The lowest BCUT2D eigenvalue weighted by molar-refractivity contribution is -0.147. The molecule has 0 fully saturated rings. The van der Waals surface area contributed by atoms with E-state index in [-0.39, 0.29) is 12.0 Å². The standard InChI is InChI=1S/C17H23NO3/c1-4-6-11-21-17(19)13(3)18-10-9-14-12-15(20-5-2)7-8-16(14)18/h7-10,12-13H,4-6,11H2,1-3H3. The average Bonchev–Trinajstić information content (AvgIpc) is 2.90. The number of unbranched alkanes of at least 4 members (excludes halogenated alkanes) is 1. The molecule has 0 saturated carbocycles. The molecule has 21 heavy (non-hydrogen) atoms. The number of rotatable bonds is 7. The molecule has 0 aliphatic rings. The van der Waals surface area contributed by atoms with Crippen LogP contribution in [0.3, 0.4) is 0 Å². The monoisotopic (exact) mass is 289 g/mol. The fourth-order valence-corrected chi connectivity index (χ4v) is 2.29. The van der Waals surface area contributed by atoms with Crippen molar-refractivity contribution in [3.05, 3.63) is 30.5 Å². The van der Waals surface area contributed by atoms with Crippen molar-refractivity contribution in [1.82, 2.24) is 4.57 Å². The second kappa shape index (κ2) is 7.16. The lowest BCUT2D eigenvalue weighted by atomic mass is 10.2. The minimum Gasteiger partial charge on any atom is -0.494 e. The Morgan fingerprint density at radius 1 is 1.29 bits per heavy atom. The zero-order valence-electron chi connectivity index (χ0n) is 13.0. The molecule has 0 aliphatic heterocycles. The van der Waals surface area contributed by atoms with Crippen molar-refractivity contribution in [2.24, 2.45) is 0 Å². The third-order valence-electron chi connectivity index (χ3n) is 3.50. The summed E-state index contributed by atoms with van der Waals surface area (Å²) in [5.41, 5.74) is 1.01. The van der Waals surface area contributed by atoms with Crippen molar-refractivity contribution < 1.29 is 14.3 Å². The van der Waals surface area contributed by atoms with Crippen LogP contribution < -0.4 is 4.74 Å². The zero-order chi connectivity index (χ0) is 15.2. The van der Waals surface area contributed by atoms with E-state index >= 15 is 0 Å². The van der Waals surface area contributed by atoms with Gasteiger partial charge in [0, 0.05) is 17.1 Å². The molecule has 0 spiro atoms. The van der Waals surface area contributed by atoms with Crippen LogP contribution >= 0.6 is 0 Å². The van der Waals surface area contributed by atoms with Crippen molar-refractivity contribution in [2.75, 3.05) is 13.2 Å². The van der Waals surface area contributed by atoms with Gasteiger partial charge in [-0.3, -0.25) is 0 Å². The molecule has 1 aromatic carbocycles. The number of hydrogen-bond acceptors (Lipinski definition) is 3. The number of aromatic nitrogens is 1. The molecule has 114 valence electrons. The second-order valence-corrected chi connectivity index (χ2v) is 5.07. The van der Waals surface area contributed by atoms with Crippen molar-refractivity contribution >= 4 is 16.9 Å². The van der Waals surface area contributed by atoms with E-state index in [2.05, 4.69) is 6.92 Å². The molecule has 0 N–H and O–H groups in total. The predicted molar refractivity (Wildman–Crippen MR) is 83.7 cm³/mol. The summed E-state index contributed by atoms with van der Waals surface area (Å²) in [5, 5.41) is 1.06. The van der Waals surface area contributed by atoms with Crippen LogP contribution in [0.5, 0.6) is 5.75 Å². The molecule has 0 radical (unpaired) electrons. The van der Waals surface area contributed by atoms with Crippen LogP contribution in [0, 0.1) is 0 Å². The summed E-state index contributed by atoms with van der Waals surface area (Å²) in [6.45, 7) is 7.04. The summed E-state index contributed by atoms with van der Waals surface area (Å²) in [4.78, 5) is 12.1. The largest absolute Gasteiger partial charge is 0.494 e. The molecule has 4 heteroatoms. The number of hydrogen-bond donors (Lipinski definition) is 0. The number of ether oxygens (including phenoxy) is 2. The smallest absolute Gasteiger partial charge is 0.328 e. The fraction of sp³-hybridized carbons (Fsp3) is 0.471. The molecule has 2 aromatic rings. The maximum absolute atomic E-state index is 12.1. The Labute approximate surface area is 125 Å². The van der Waals surface area contributed by atoms with Crippen LogP contribution in [0.15, 0.2) is 30.5 Å². The average molecular weight is 289 g/mol. The first-order valence-corrected chi connectivity index (χ1v) is 7.57. The van der Waals surface area contributed by atoms with Gasteiger partial charge in [0.15, 0.2) is 0 Å². The van der Waals surface area contributed by atoms with E-state index in [1.165, 1.54) is 0 Å². The molecular formula is C17H23NO3. The highest BCUT2D eigenvalue weighted by Crippen LogP contribution is 2.25. The van der Waals surface area contributed by atoms with E-state index in [9.17, 15) is 4.79 Å². The third kappa shape index (κ3) is 3.57. The number of carbonyl (C=O) groups excluding carboxylic acids is 1. The van der Waals surface area contributed by atoms with Crippen molar-refractivity contribution in [1.29, 1.82) is 0 Å². The molecule has 0 saturated heterocycles. The zero-order valence-corrected chi connectivity index (χ0v) is 13.0. The second-order valence-electron chi connectivity index (χ2n) is 5.07. The number of benzene rings is 1. The molecule has 2 rings (SSSR count). The first-order valence-electron chi connectivity index (χ1n) is 7.57. The third-order valence-corrected chi connectivity index (χ3v) is 3.50. The van der Waals surface area contributed by atoms with E-state index in [4.69, 9.17) is 9.47 Å². The van der Waals surface area contributed by atoms with Crippen molar-refractivity contribution in [3.63, 3.8) is 0 Å². The van der Waals surface area contributed by atoms with Gasteiger partial charge in [0.2, 0.25) is 0 Å². The lowest BCUT2D eigenvalue weighted by Crippen LogP contribution is -2.19. The maximum atomic E-state index is 12.1. The summed E-state index contributed by atoms with van der Waals surface area (Å²) < 4.78 is 12.7. The van der Waals surface area contributed by atoms with Crippen LogP contribution in [0.1, 0.15) is 39.7 Å². The topological polar surface area (TPSA) is 40.5 Å². The Morgan fingerprint density at radius 2 is 2.10 bits per heavy atom. The Hall–Kier alpha value is -1.97. The quantitative estimate of drug-likeness (QED) is 0.572. The van der Waals surface area contributed by atoms with E-state index in [0.29, 0.717) is 13.2 Å². The predicted octanol–water partition coefficient (Wildman–Crippen LogP) is 3.94. The number of esters is 1. The van der Waals surface area contributed by atoms with Gasteiger partial charge < -0.3 is 14.0 Å². The maximum Gasteiger partial charge on any atom is 0.328 e. The van der Waals surface area contributed by atoms with Gasteiger partial charge in [0.05, 0.1) is 13.2 Å². The van der Waals surface area contributed by atoms with Gasteiger partial charge in [0.1, 0.15) is 11.8 Å². The Balaban J connectivity index is 2.16. The van der Waals surface area contributed by atoms with Gasteiger partial charge in [-0.25, -0.2) is 4.79 Å². The summed E-state index contributed by atoms with van der Waals surface area (Å²) >= 11 is 0. The Kier molecular flexibility index (Phi) is 5.26. The highest BCUT2D eigenvalue weighted by atomic mass is 16.5. The molecular weight excluding hydrogens is 266 g/mol. The summed E-state index contributed by atoms with van der Waals surface area (Å²) in [6, 6.07) is 7.57. The minimum absolute atomic E-state index is 0.185. The SMILES string of the molecule is CCCCOC(=O)C(C)n1ccc2cc(OCC)ccc21. The molecule has 1 aromatic heterocycles. The van der Waals surface area contributed by atoms with E-state index < -0.39 is 0 Å². The van der Waals surface area contributed by atoms with Gasteiger partial charge in [-0.2, -0.15) is 0 Å². The van der Waals surface area contributed by atoms with E-state index in [1.54, 1.807) is 0 Å². The lowest BCUT2D eigenvalue weighted by Gasteiger charge is -2.14. The van der Waals surface area contributed by atoms with Crippen molar-refractivity contribution in [2.45, 2.75) is 39.7 Å². The van der Waals surface area contributed by atoms with Crippen LogP contribution in [0.2, 0.25) is 0 Å². The van der Waals surface area contributed by atoms with Crippen LogP contribution in [-0.2, 0) is 9.53 Å².